The normalized spacial score (nSPS) is 8.00. The van der Waals surface area contributed by atoms with Crippen molar-refractivity contribution in [2.24, 2.45) is 0 Å². The molecule has 0 radical (unpaired) electrons. The third kappa shape index (κ3) is 39.1. The molecule has 0 heterocycles. The van der Waals surface area contributed by atoms with Gasteiger partial charge in [0.25, 0.3) is 0 Å². The third-order valence-corrected chi connectivity index (χ3v) is 0.775. The summed E-state index contributed by atoms with van der Waals surface area (Å²) in [5.74, 6) is 0.259. The Balaban J connectivity index is 0. The Morgan fingerprint density at radius 1 is 1.38 bits per heavy atom. The van der Waals surface area contributed by atoms with E-state index in [0.717, 1.165) is 0 Å². The van der Waals surface area contributed by atoms with Crippen LogP contribution in [0.3, 0.4) is 0 Å². The van der Waals surface area contributed by atoms with Crippen LogP contribution in [-0.4, -0.2) is 28.4 Å². The van der Waals surface area contributed by atoms with Crippen molar-refractivity contribution in [3.63, 3.8) is 0 Å². The zero-order chi connectivity index (χ0) is 6.99. The molecule has 52 valence electrons. The van der Waals surface area contributed by atoms with Crippen molar-refractivity contribution in [2.45, 2.75) is 6.92 Å². The molecule has 8 heavy (non-hydrogen) atoms. The number of hydrogen-bond donors (Lipinski definition) is 1. The molecule has 0 spiro atoms. The van der Waals surface area contributed by atoms with E-state index in [2.05, 4.69) is 4.74 Å². The number of hydrogen-bond acceptors (Lipinski definition) is 3. The van der Waals surface area contributed by atoms with Crippen molar-refractivity contribution in [2.75, 3.05) is 20.0 Å². The lowest BCUT2D eigenvalue weighted by molar-refractivity contribution is 0.277. The van der Waals surface area contributed by atoms with Crippen LogP contribution in [0, 0.1) is 0 Å². The molecule has 0 rings (SSSR count). The van der Waals surface area contributed by atoms with E-state index in [0.29, 0.717) is 0 Å². The highest BCUT2D eigenvalue weighted by Gasteiger charge is 1.65. The van der Waals surface area contributed by atoms with Crippen LogP contribution in [0.4, 0.5) is 0 Å². The quantitative estimate of drug-likeness (QED) is 0.516. The van der Waals surface area contributed by atoms with E-state index >= 15 is 0 Å². The summed E-state index contributed by atoms with van der Waals surface area (Å²) in [5, 5.41) is 0. The average Bonchev–Trinajstić information content (AvgIpc) is 1.69. The second-order valence-corrected chi connectivity index (χ2v) is 2.36. The number of rotatable bonds is 1. The predicted molar refractivity (Wildman–Crippen MR) is 33.8 cm³/mol. The van der Waals surface area contributed by atoms with Gasteiger partial charge in [-0.15, -0.1) is 0 Å². The zero-order valence-electron chi connectivity index (χ0n) is 5.38. The van der Waals surface area contributed by atoms with Crippen molar-refractivity contribution in [3.05, 3.63) is 0 Å². The number of thiol groups is 1. The van der Waals surface area contributed by atoms with Crippen LogP contribution in [0.5, 0.6) is 0 Å². The molecule has 0 saturated heterocycles. The second kappa shape index (κ2) is 10.0. The van der Waals surface area contributed by atoms with Crippen molar-refractivity contribution in [1.29, 1.82) is 0 Å². The Morgan fingerprint density at radius 2 is 1.50 bits per heavy atom. The molecule has 0 aliphatic rings. The molecule has 0 aliphatic carbocycles. The Labute approximate surface area is 51.6 Å². The first-order valence-corrected chi connectivity index (χ1v) is 3.57. The average molecular weight is 140 g/mol. The molecule has 0 fully saturated rings. The van der Waals surface area contributed by atoms with Gasteiger partial charge in [0.15, 0.2) is 0 Å². The molecule has 3 nitrogen and oxygen atoms in total. The van der Waals surface area contributed by atoms with Crippen LogP contribution in [0.15, 0.2) is 0 Å². The Hall–Kier alpha value is -0.0900. The summed E-state index contributed by atoms with van der Waals surface area (Å²) in [7, 11) is 1.15. The van der Waals surface area contributed by atoms with Gasteiger partial charge in [0.1, 0.15) is 10.7 Å². The molecule has 0 saturated carbocycles. The lowest BCUT2D eigenvalue weighted by Crippen LogP contribution is -1.73. The first-order valence-electron chi connectivity index (χ1n) is 2.20. The van der Waals surface area contributed by atoms with Crippen molar-refractivity contribution in [1.82, 2.24) is 0 Å². The first kappa shape index (κ1) is 10.8. The maximum atomic E-state index is 9.41. The minimum Gasteiger partial charge on any atom is -0.388 e. The van der Waals surface area contributed by atoms with Gasteiger partial charge in [-0.1, -0.05) is 6.92 Å². The second-order valence-electron chi connectivity index (χ2n) is 1.06. The van der Waals surface area contributed by atoms with Crippen LogP contribution in [0.1, 0.15) is 6.92 Å². The van der Waals surface area contributed by atoms with Crippen LogP contribution >= 0.6 is 0 Å². The fourth-order valence-corrected chi connectivity index (χ4v) is 0. The maximum Gasteiger partial charge on any atom is 0.139 e. The highest BCUT2D eigenvalue weighted by molar-refractivity contribution is 7.72. The number of methoxy groups -OCH3 is 1. The van der Waals surface area contributed by atoms with Crippen LogP contribution < -0.4 is 0 Å². The summed E-state index contributed by atoms with van der Waals surface area (Å²) in [6, 6.07) is 0. The number of ether oxygens (including phenoxy) is 1. The smallest absolute Gasteiger partial charge is 0.139 e. The van der Waals surface area contributed by atoms with Gasteiger partial charge in [-0.05, 0) is 0 Å². The lowest BCUT2D eigenvalue weighted by Gasteiger charge is -1.61. The van der Waals surface area contributed by atoms with E-state index in [1.807, 2.05) is 0 Å². The van der Waals surface area contributed by atoms with Gasteiger partial charge in [0, 0.05) is 20.0 Å². The highest BCUT2D eigenvalue weighted by Crippen LogP contribution is 1.53. The minimum absolute atomic E-state index is 0.259. The molecule has 0 bridgehead atoms. The molecule has 0 atom stereocenters. The molecular formula is C4H12O3S. The monoisotopic (exact) mass is 140 g/mol. The van der Waals surface area contributed by atoms with Crippen molar-refractivity contribution < 1.29 is 13.2 Å². The molecule has 0 N–H and O–H groups in total. The van der Waals surface area contributed by atoms with Gasteiger partial charge < -0.3 is 4.74 Å². The molecule has 4 heteroatoms. The van der Waals surface area contributed by atoms with Crippen LogP contribution in [-0.2, 0) is 15.4 Å². The molecule has 0 aliphatic heterocycles. The van der Waals surface area contributed by atoms with E-state index in [1.165, 1.54) is 0 Å². The van der Waals surface area contributed by atoms with Gasteiger partial charge in [0.05, 0.1) is 0 Å². The molecule has 0 unspecified atom stereocenters. The molecular weight excluding hydrogens is 128 g/mol. The molecule has 0 amide bonds. The van der Waals surface area contributed by atoms with Crippen LogP contribution in [0.25, 0.3) is 0 Å². The van der Waals surface area contributed by atoms with Crippen molar-refractivity contribution in [3.8, 4) is 0 Å². The molecule has 0 aromatic rings. The largest absolute Gasteiger partial charge is 0.388 e. The Kier molecular flexibility index (Phi) is 13.5. The first-order chi connectivity index (χ1) is 3.68. The van der Waals surface area contributed by atoms with Crippen molar-refractivity contribution >= 4 is 10.7 Å². The topological polar surface area (TPSA) is 43.4 Å². The summed E-state index contributed by atoms with van der Waals surface area (Å²) in [5.41, 5.74) is 0. The predicted octanol–water partition coefficient (Wildman–Crippen LogP) is -0.120. The zero-order valence-corrected chi connectivity index (χ0v) is 6.27. The molecule has 0 aromatic carbocycles. The lowest BCUT2D eigenvalue weighted by atomic mass is 11.0. The summed E-state index contributed by atoms with van der Waals surface area (Å²) in [4.78, 5) is 0. The van der Waals surface area contributed by atoms with E-state index in [4.69, 9.17) is 0 Å². The highest BCUT2D eigenvalue weighted by atomic mass is 32.2. The summed E-state index contributed by atoms with van der Waals surface area (Å²) in [6.07, 6.45) is 0. The Bertz CT molecular complexity index is 79.3. The summed E-state index contributed by atoms with van der Waals surface area (Å²) < 4.78 is 23.1. The fourth-order valence-electron chi connectivity index (χ4n) is 0. The van der Waals surface area contributed by atoms with E-state index in [9.17, 15) is 8.42 Å². The SMILES string of the molecule is CC[SH](=O)=O.COC. The minimum atomic E-state index is -2.10. The standard InChI is InChI=1S/C2H6O2S.C2H6O/c1-2-5(3)4;1-3-2/h5H,2H2,1H3;1-2H3. The van der Waals surface area contributed by atoms with Gasteiger partial charge in [-0.2, -0.15) is 0 Å². The summed E-state index contributed by atoms with van der Waals surface area (Å²) in [6.45, 7) is 1.60. The maximum absolute atomic E-state index is 9.41. The van der Waals surface area contributed by atoms with Gasteiger partial charge in [0.2, 0.25) is 0 Å². The molecule has 0 aromatic heterocycles. The van der Waals surface area contributed by atoms with Gasteiger partial charge in [-0.3, -0.25) is 0 Å². The van der Waals surface area contributed by atoms with Crippen LogP contribution in [0.2, 0.25) is 0 Å². The van der Waals surface area contributed by atoms with E-state index in [1.54, 1.807) is 21.1 Å². The van der Waals surface area contributed by atoms with Gasteiger partial charge in [-0.25, -0.2) is 8.42 Å². The summed E-state index contributed by atoms with van der Waals surface area (Å²) >= 11 is 0. The fraction of sp³-hybridized carbons (Fsp3) is 1.00. The van der Waals surface area contributed by atoms with E-state index < -0.39 is 10.7 Å². The Morgan fingerprint density at radius 3 is 1.50 bits per heavy atom. The van der Waals surface area contributed by atoms with E-state index in [-0.39, 0.29) is 5.75 Å². The van der Waals surface area contributed by atoms with Gasteiger partial charge >= 0.3 is 0 Å². The third-order valence-electron chi connectivity index (χ3n) is 0.258.